The first-order chi connectivity index (χ1) is 21.3. The average molecular weight is 712 g/mol. The maximum Gasteiger partial charge on any atom is 0.416 e. The summed E-state index contributed by atoms with van der Waals surface area (Å²) in [6.45, 7) is 5.06. The highest BCUT2D eigenvalue weighted by atomic mass is 35.5. The number of morpholine rings is 1. The molecule has 9 nitrogen and oxygen atoms in total. The zero-order valence-corrected chi connectivity index (χ0v) is 25.7. The fraction of sp³-hybridized carbons (Fsp3) is 0.250. The molecule has 2 N–H and O–H groups in total. The number of hydrogen-bond donors (Lipinski definition) is 2. The third-order valence-corrected chi connectivity index (χ3v) is 10.3. The van der Waals surface area contributed by atoms with Crippen LogP contribution in [0.25, 0.3) is 0 Å². The number of nitrogens with one attached hydrogen (secondary N) is 2. The van der Waals surface area contributed by atoms with Gasteiger partial charge in [-0.1, -0.05) is 17.7 Å². The molecule has 3 aromatic carbocycles. The van der Waals surface area contributed by atoms with E-state index in [4.69, 9.17) is 16.3 Å². The van der Waals surface area contributed by atoms with Crippen molar-refractivity contribution in [3.63, 3.8) is 0 Å². The van der Waals surface area contributed by atoms with Crippen LogP contribution < -0.4 is 10.0 Å². The summed E-state index contributed by atoms with van der Waals surface area (Å²) in [5.74, 6) is -0.992. The SMILES string of the molecule is C=CC(N1CCOCC1)S(=O)(=O)c1ccc(NC(=O)c2cc(Cl)ccc2NS(=O)(=O)c2cc(C(F)(F)F)cc(C(F)(F)F)c2)cc1. The van der Waals surface area contributed by atoms with Crippen LogP contribution in [0.1, 0.15) is 21.5 Å². The molecular formula is C28H24ClF6N3O6S2. The first-order valence-corrected chi connectivity index (χ1v) is 16.5. The number of anilines is 2. The number of sulfonamides is 1. The number of sulfone groups is 1. The van der Waals surface area contributed by atoms with Crippen molar-refractivity contribution in [2.75, 3.05) is 36.3 Å². The Hall–Kier alpha value is -3.64. The second-order valence-corrected chi connectivity index (χ2v) is 14.0. The lowest BCUT2D eigenvalue weighted by Crippen LogP contribution is -2.46. The Morgan fingerprint density at radius 3 is 1.96 bits per heavy atom. The second-order valence-electron chi connectivity index (χ2n) is 9.84. The summed E-state index contributed by atoms with van der Waals surface area (Å²) >= 11 is 5.98. The number of hydrogen-bond acceptors (Lipinski definition) is 7. The summed E-state index contributed by atoms with van der Waals surface area (Å²) in [4.78, 5) is 13.4. The van der Waals surface area contributed by atoms with Crippen LogP contribution in [0.2, 0.25) is 5.02 Å². The molecule has 0 aromatic heterocycles. The molecule has 46 heavy (non-hydrogen) atoms. The normalized spacial score (nSPS) is 15.6. The third-order valence-electron chi connectivity index (χ3n) is 6.71. The van der Waals surface area contributed by atoms with Gasteiger partial charge in [-0.05, 0) is 60.7 Å². The van der Waals surface area contributed by atoms with Crippen LogP contribution in [0.3, 0.4) is 0 Å². The van der Waals surface area contributed by atoms with Gasteiger partial charge in [0.25, 0.3) is 15.9 Å². The number of benzene rings is 3. The van der Waals surface area contributed by atoms with Crippen LogP contribution in [0.5, 0.6) is 0 Å². The van der Waals surface area contributed by atoms with Gasteiger partial charge in [0, 0.05) is 23.8 Å². The van der Waals surface area contributed by atoms with Crippen molar-refractivity contribution in [3.8, 4) is 0 Å². The van der Waals surface area contributed by atoms with E-state index in [1.165, 1.54) is 30.3 Å². The highest BCUT2D eigenvalue weighted by Crippen LogP contribution is 2.38. The van der Waals surface area contributed by atoms with Gasteiger partial charge in [-0.2, -0.15) is 26.3 Å². The highest BCUT2D eigenvalue weighted by Gasteiger charge is 2.38. The molecule has 3 aromatic rings. The molecule has 1 fully saturated rings. The molecule has 248 valence electrons. The molecule has 0 saturated carbocycles. The summed E-state index contributed by atoms with van der Waals surface area (Å²) in [5, 5.41) is 1.32. The number of halogens is 7. The molecule has 0 aliphatic carbocycles. The number of alkyl halides is 6. The number of ether oxygens (including phenoxy) is 1. The molecule has 1 saturated heterocycles. The largest absolute Gasteiger partial charge is 0.416 e. The molecule has 18 heteroatoms. The molecular weight excluding hydrogens is 688 g/mol. The van der Waals surface area contributed by atoms with Gasteiger partial charge < -0.3 is 10.1 Å². The number of rotatable bonds is 9. The Balaban J connectivity index is 1.60. The van der Waals surface area contributed by atoms with E-state index >= 15 is 0 Å². The Labute approximate surface area is 264 Å². The Morgan fingerprint density at radius 2 is 1.43 bits per heavy atom. The Bertz CT molecular complexity index is 1810. The smallest absolute Gasteiger partial charge is 0.379 e. The fourth-order valence-corrected chi connectivity index (χ4v) is 7.42. The molecule has 1 heterocycles. The summed E-state index contributed by atoms with van der Waals surface area (Å²) in [6.07, 6.45) is -9.32. The van der Waals surface area contributed by atoms with Gasteiger partial charge in [-0.25, -0.2) is 16.8 Å². The molecule has 1 aliphatic rings. The minimum atomic E-state index is -5.30. The third kappa shape index (κ3) is 8.01. The minimum absolute atomic E-state index is 0.0266. The standard InChI is InChI=1S/C28H24ClF6N3O6S2/c1-2-25(38-9-11-44-12-10-38)45(40,41)21-6-4-20(5-7-21)36-26(39)23-16-19(29)3-8-24(23)37-46(42,43)22-14-17(27(30,31)32)13-18(15-22)28(33,34)35/h2-8,13-16,25,37H,1,9-12H2,(H,36,39). The van der Waals surface area contributed by atoms with E-state index < -0.39 is 70.8 Å². The predicted octanol–water partition coefficient (Wildman–Crippen LogP) is 6.05. The van der Waals surface area contributed by atoms with Gasteiger partial charge >= 0.3 is 12.4 Å². The van der Waals surface area contributed by atoms with E-state index in [2.05, 4.69) is 11.9 Å². The number of nitrogens with zero attached hydrogens (tertiary/aromatic N) is 1. The summed E-state index contributed by atoms with van der Waals surface area (Å²) in [5.41, 5.74) is -4.62. The van der Waals surface area contributed by atoms with E-state index in [0.29, 0.717) is 26.3 Å². The van der Waals surface area contributed by atoms with Crippen LogP contribution in [0.4, 0.5) is 37.7 Å². The van der Waals surface area contributed by atoms with E-state index in [1.54, 1.807) is 4.90 Å². The van der Waals surface area contributed by atoms with Crippen molar-refractivity contribution in [3.05, 3.63) is 95.0 Å². The predicted molar refractivity (Wildman–Crippen MR) is 157 cm³/mol. The molecule has 0 bridgehead atoms. The van der Waals surface area contributed by atoms with Gasteiger partial charge in [-0.15, -0.1) is 6.58 Å². The quantitative estimate of drug-likeness (QED) is 0.205. The minimum Gasteiger partial charge on any atom is -0.379 e. The summed E-state index contributed by atoms with van der Waals surface area (Å²) < 4.78 is 140. The first kappa shape index (κ1) is 35.2. The average Bonchev–Trinajstić information content (AvgIpc) is 2.98. The van der Waals surface area contributed by atoms with Gasteiger partial charge in [0.2, 0.25) is 0 Å². The van der Waals surface area contributed by atoms with Crippen LogP contribution in [-0.2, 0) is 37.0 Å². The lowest BCUT2D eigenvalue weighted by atomic mass is 10.1. The van der Waals surface area contributed by atoms with Crippen molar-refractivity contribution in [2.45, 2.75) is 27.5 Å². The van der Waals surface area contributed by atoms with Crippen LogP contribution in [0, 0.1) is 0 Å². The van der Waals surface area contributed by atoms with Crippen molar-refractivity contribution in [1.29, 1.82) is 0 Å². The number of carbonyl (C=O) groups excluding carboxylic acids is 1. The number of carbonyl (C=O) groups is 1. The van der Waals surface area contributed by atoms with E-state index in [9.17, 15) is 48.0 Å². The Kier molecular flexibility index (Phi) is 10.1. The monoisotopic (exact) mass is 711 g/mol. The van der Waals surface area contributed by atoms with E-state index in [1.807, 2.05) is 4.72 Å². The molecule has 1 amide bonds. The molecule has 1 aliphatic heterocycles. The zero-order chi connectivity index (χ0) is 34.1. The first-order valence-electron chi connectivity index (χ1n) is 13.0. The number of amides is 1. The molecule has 1 atom stereocenters. The van der Waals surface area contributed by atoms with Crippen molar-refractivity contribution >= 4 is 48.7 Å². The van der Waals surface area contributed by atoms with Gasteiger partial charge in [0.15, 0.2) is 9.84 Å². The van der Waals surface area contributed by atoms with Crippen LogP contribution in [0.15, 0.2) is 83.1 Å². The molecule has 0 radical (unpaired) electrons. The summed E-state index contributed by atoms with van der Waals surface area (Å²) in [6, 6.07) is 7.95. The van der Waals surface area contributed by atoms with Crippen LogP contribution in [-0.4, -0.2) is 59.3 Å². The van der Waals surface area contributed by atoms with Gasteiger partial charge in [-0.3, -0.25) is 14.4 Å². The highest BCUT2D eigenvalue weighted by molar-refractivity contribution is 7.92. The lowest BCUT2D eigenvalue weighted by molar-refractivity contribution is -0.143. The van der Waals surface area contributed by atoms with Gasteiger partial charge in [0.1, 0.15) is 5.37 Å². The Morgan fingerprint density at radius 1 is 0.870 bits per heavy atom. The molecule has 4 rings (SSSR count). The topological polar surface area (TPSA) is 122 Å². The van der Waals surface area contributed by atoms with Crippen LogP contribution >= 0.6 is 11.6 Å². The summed E-state index contributed by atoms with van der Waals surface area (Å²) in [7, 11) is -9.05. The molecule has 1 unspecified atom stereocenters. The van der Waals surface area contributed by atoms with Crippen molar-refractivity contribution < 1.29 is 52.7 Å². The van der Waals surface area contributed by atoms with Crippen molar-refractivity contribution in [2.24, 2.45) is 0 Å². The second kappa shape index (κ2) is 13.2. The van der Waals surface area contributed by atoms with Crippen molar-refractivity contribution in [1.82, 2.24) is 4.90 Å². The van der Waals surface area contributed by atoms with E-state index in [0.717, 1.165) is 18.2 Å². The van der Waals surface area contributed by atoms with E-state index in [-0.39, 0.29) is 33.8 Å². The van der Waals surface area contributed by atoms with Gasteiger partial charge in [0.05, 0.1) is 45.4 Å². The lowest BCUT2D eigenvalue weighted by Gasteiger charge is -2.32. The fourth-order valence-electron chi connectivity index (χ4n) is 4.45. The maximum absolute atomic E-state index is 13.3. The zero-order valence-electron chi connectivity index (χ0n) is 23.3. The molecule has 0 spiro atoms. The maximum atomic E-state index is 13.3.